The Balaban J connectivity index is 1.23. The van der Waals surface area contributed by atoms with E-state index in [1.807, 2.05) is 17.0 Å². The Bertz CT molecular complexity index is 1680. The maximum atomic E-state index is 12.2. The van der Waals surface area contributed by atoms with Crippen LogP contribution in [0, 0.1) is 12.8 Å². The number of aryl methyl sites for hydroxylation is 1. The number of hydrogen-bond donors (Lipinski definition) is 3. The zero-order chi connectivity index (χ0) is 33.7. The van der Waals surface area contributed by atoms with E-state index < -0.39 is 16.0 Å². The lowest BCUT2D eigenvalue weighted by atomic mass is 9.96. The Kier molecular flexibility index (Phi) is 11.0. The van der Waals surface area contributed by atoms with Gasteiger partial charge in [-0.05, 0) is 62.5 Å². The zero-order valence-electron chi connectivity index (χ0n) is 27.2. The third-order valence-corrected chi connectivity index (χ3v) is 10.3. The van der Waals surface area contributed by atoms with Crippen LogP contribution in [0.1, 0.15) is 18.4 Å². The fourth-order valence-corrected chi connectivity index (χ4v) is 6.79. The molecule has 3 N–H and O–H groups in total. The number of anilines is 6. The third kappa shape index (κ3) is 8.74. The molecule has 0 radical (unpaired) electrons. The molecule has 2 aliphatic heterocycles. The summed E-state index contributed by atoms with van der Waals surface area (Å²) in [4.78, 5) is 26.9. The number of sulfonamides is 1. The highest BCUT2D eigenvalue weighted by Crippen LogP contribution is 2.36. The summed E-state index contributed by atoms with van der Waals surface area (Å²) < 4.78 is 31.4. The average molecular weight is 687 g/mol. The van der Waals surface area contributed by atoms with Gasteiger partial charge in [0.15, 0.2) is 5.82 Å². The first-order valence-electron chi connectivity index (χ1n) is 15.6. The van der Waals surface area contributed by atoms with Gasteiger partial charge in [0.25, 0.3) is 0 Å². The summed E-state index contributed by atoms with van der Waals surface area (Å²) >= 11 is 6.45. The lowest BCUT2D eigenvalue weighted by Gasteiger charge is -2.40. The highest BCUT2D eigenvalue weighted by Gasteiger charge is 2.26. The Morgan fingerprint density at radius 3 is 2.43 bits per heavy atom. The van der Waals surface area contributed by atoms with Crippen LogP contribution in [-0.2, 0) is 14.8 Å². The summed E-state index contributed by atoms with van der Waals surface area (Å²) in [6.07, 6.45) is 4.71. The van der Waals surface area contributed by atoms with Crippen LogP contribution in [0.2, 0.25) is 5.02 Å². The lowest BCUT2D eigenvalue weighted by Crippen LogP contribution is -2.49. The van der Waals surface area contributed by atoms with Gasteiger partial charge in [-0.3, -0.25) is 18.9 Å². The van der Waals surface area contributed by atoms with Gasteiger partial charge >= 0.3 is 5.97 Å². The molecule has 2 saturated heterocycles. The number of para-hydroxylation sites is 2. The molecule has 0 aliphatic carbocycles. The van der Waals surface area contributed by atoms with Crippen molar-refractivity contribution in [1.82, 2.24) is 19.8 Å². The molecule has 1 aromatic heterocycles. The smallest absolute Gasteiger partial charge is 0.317 e. The fourth-order valence-electron chi connectivity index (χ4n) is 6.14. The number of methoxy groups -OCH3 is 1. The molecule has 0 atom stereocenters. The van der Waals surface area contributed by atoms with E-state index in [9.17, 15) is 13.2 Å². The second-order valence-corrected chi connectivity index (χ2v) is 14.5. The van der Waals surface area contributed by atoms with E-state index in [0.717, 1.165) is 76.2 Å². The summed E-state index contributed by atoms with van der Waals surface area (Å²) in [5, 5.41) is 15.7. The number of likely N-dealkylation sites (tertiary alicyclic amines) is 1. The number of aliphatic carboxylic acids is 1. The zero-order valence-corrected chi connectivity index (χ0v) is 28.8. The number of ether oxygens (including phenoxy) is 1. The van der Waals surface area contributed by atoms with E-state index in [0.29, 0.717) is 40.5 Å². The molecule has 2 aromatic carbocycles. The number of nitrogens with one attached hydrogen (secondary N) is 2. The number of carboxylic acid groups (broad SMARTS) is 1. The molecule has 254 valence electrons. The van der Waals surface area contributed by atoms with Gasteiger partial charge < -0.3 is 25.4 Å². The van der Waals surface area contributed by atoms with Crippen LogP contribution in [0.25, 0.3) is 0 Å². The summed E-state index contributed by atoms with van der Waals surface area (Å²) in [6, 6.07) is 11.1. The Hall–Kier alpha value is -3.85. The third-order valence-electron chi connectivity index (χ3n) is 8.80. The molecule has 0 bridgehead atoms. The van der Waals surface area contributed by atoms with Gasteiger partial charge in [0.05, 0.1) is 43.2 Å². The van der Waals surface area contributed by atoms with Crippen LogP contribution in [0.3, 0.4) is 0 Å². The highest BCUT2D eigenvalue weighted by molar-refractivity contribution is 7.92. The molecule has 0 amide bonds. The molecule has 3 aromatic rings. The van der Waals surface area contributed by atoms with Crippen LogP contribution in [0.5, 0.6) is 5.75 Å². The second kappa shape index (κ2) is 14.9. The molecule has 13 nitrogen and oxygen atoms in total. The first-order valence-corrected chi connectivity index (χ1v) is 17.8. The van der Waals surface area contributed by atoms with E-state index >= 15 is 0 Å². The molecule has 2 aliphatic rings. The van der Waals surface area contributed by atoms with Gasteiger partial charge in [0.1, 0.15) is 10.8 Å². The van der Waals surface area contributed by atoms with E-state index in [2.05, 4.69) is 37.3 Å². The molecular formula is C32H43ClN8O5S. The molecule has 0 saturated carbocycles. The minimum atomic E-state index is -3.49. The van der Waals surface area contributed by atoms with Crippen molar-refractivity contribution in [3.05, 3.63) is 53.2 Å². The molecule has 0 spiro atoms. The minimum Gasteiger partial charge on any atom is -0.494 e. The van der Waals surface area contributed by atoms with Crippen molar-refractivity contribution in [3.8, 4) is 5.75 Å². The molecular weight excluding hydrogens is 644 g/mol. The normalized spacial score (nSPS) is 16.6. The Labute approximate surface area is 281 Å². The lowest BCUT2D eigenvalue weighted by molar-refractivity contribution is -0.138. The van der Waals surface area contributed by atoms with Crippen LogP contribution in [-0.4, -0.2) is 112 Å². The summed E-state index contributed by atoms with van der Waals surface area (Å²) in [7, 11) is -0.373. The largest absolute Gasteiger partial charge is 0.494 e. The number of halogens is 1. The van der Waals surface area contributed by atoms with Crippen LogP contribution < -0.4 is 24.6 Å². The van der Waals surface area contributed by atoms with Crippen LogP contribution in [0.15, 0.2) is 42.6 Å². The molecule has 0 unspecified atom stereocenters. The van der Waals surface area contributed by atoms with Gasteiger partial charge in [0.2, 0.25) is 16.0 Å². The topological polar surface area (TPSA) is 143 Å². The average Bonchev–Trinajstić information content (AvgIpc) is 3.03. The van der Waals surface area contributed by atoms with Crippen molar-refractivity contribution in [2.45, 2.75) is 19.8 Å². The Morgan fingerprint density at radius 1 is 1.06 bits per heavy atom. The number of carboxylic acids is 1. The van der Waals surface area contributed by atoms with Crippen molar-refractivity contribution in [2.24, 2.45) is 5.92 Å². The fraction of sp³-hybridized carbons (Fsp3) is 0.469. The van der Waals surface area contributed by atoms with Crippen LogP contribution >= 0.6 is 11.6 Å². The molecule has 5 rings (SSSR count). The number of piperidine rings is 1. The van der Waals surface area contributed by atoms with Gasteiger partial charge in [-0.15, -0.1) is 0 Å². The van der Waals surface area contributed by atoms with Gasteiger partial charge in [-0.2, -0.15) is 4.98 Å². The second-order valence-electron chi connectivity index (χ2n) is 12.1. The number of nitrogens with zero attached hydrogens (tertiary/aromatic N) is 6. The number of piperazine rings is 1. The van der Waals surface area contributed by atoms with Crippen molar-refractivity contribution in [2.75, 3.05) is 92.6 Å². The summed E-state index contributed by atoms with van der Waals surface area (Å²) in [5.74, 6) is 1.10. The standard InChI is InChI=1S/C32H43ClN8O5S/c1-22-17-26(36-32-34-19-24(33)31(37-32)35-25-7-5-6-8-27(25)38(2)47(4,44)45)29(46-3)18-28(22)41-15-13-40(14-16-41)20-23-9-11-39(12-10-23)21-30(42)43/h5-8,17-19,23H,9-16,20-21H2,1-4H3,(H,42,43)(H2,34,35,36,37). The molecule has 47 heavy (non-hydrogen) atoms. The number of aromatic nitrogens is 2. The van der Waals surface area contributed by atoms with Crippen LogP contribution in [0.4, 0.5) is 34.5 Å². The van der Waals surface area contributed by atoms with Gasteiger partial charge in [0, 0.05) is 51.5 Å². The van der Waals surface area contributed by atoms with Crippen molar-refractivity contribution in [1.29, 1.82) is 0 Å². The number of benzene rings is 2. The SMILES string of the molecule is COc1cc(N2CCN(CC3CCN(CC(=O)O)CC3)CC2)c(C)cc1Nc1ncc(Cl)c(Nc2ccccc2N(C)S(C)(=O)=O)n1. The predicted octanol–water partition coefficient (Wildman–Crippen LogP) is 4.25. The first-order chi connectivity index (χ1) is 22.4. The Morgan fingerprint density at radius 2 is 1.77 bits per heavy atom. The summed E-state index contributed by atoms with van der Waals surface area (Å²) in [5.41, 5.74) is 3.86. The van der Waals surface area contributed by atoms with E-state index in [1.54, 1.807) is 31.4 Å². The maximum absolute atomic E-state index is 12.2. The van der Waals surface area contributed by atoms with E-state index in [4.69, 9.17) is 21.4 Å². The van der Waals surface area contributed by atoms with Crippen molar-refractivity contribution in [3.63, 3.8) is 0 Å². The predicted molar refractivity (Wildman–Crippen MR) is 186 cm³/mol. The highest BCUT2D eigenvalue weighted by atomic mass is 35.5. The monoisotopic (exact) mass is 686 g/mol. The summed E-state index contributed by atoms with van der Waals surface area (Å²) in [6.45, 7) is 8.71. The molecule has 15 heteroatoms. The number of carbonyl (C=O) groups is 1. The minimum absolute atomic E-state index is 0.134. The first kappa shape index (κ1) is 34.5. The molecule has 2 fully saturated rings. The number of hydrogen-bond acceptors (Lipinski definition) is 11. The quantitative estimate of drug-likeness (QED) is 0.251. The van der Waals surface area contributed by atoms with Crippen molar-refractivity contribution >= 4 is 62.1 Å². The van der Waals surface area contributed by atoms with E-state index in [1.165, 1.54) is 17.5 Å². The molecule has 3 heterocycles. The van der Waals surface area contributed by atoms with E-state index in [-0.39, 0.29) is 11.6 Å². The van der Waals surface area contributed by atoms with Gasteiger partial charge in [-0.25, -0.2) is 13.4 Å². The van der Waals surface area contributed by atoms with Crippen molar-refractivity contribution < 1.29 is 23.1 Å². The number of rotatable bonds is 12. The maximum Gasteiger partial charge on any atom is 0.317 e. The van der Waals surface area contributed by atoms with Gasteiger partial charge in [-0.1, -0.05) is 23.7 Å².